The highest BCUT2D eigenvalue weighted by molar-refractivity contribution is 5.96. The summed E-state index contributed by atoms with van der Waals surface area (Å²) in [5, 5.41) is 8.43. The number of rotatable bonds is 7. The fraction of sp³-hybridized carbons (Fsp3) is 0.409. The van der Waals surface area contributed by atoms with Crippen molar-refractivity contribution in [3.05, 3.63) is 65.3 Å². The third kappa shape index (κ3) is 4.44. The summed E-state index contributed by atoms with van der Waals surface area (Å²) in [5.41, 5.74) is 3.08. The standard InChI is InChI=1S/C22H27N5O3/c1-17-21(18(2)30-24-17)22(28)26(11-10-25-12-14-29-15-13-25)16-20-8-9-23-27(20)19-6-4-3-5-7-19/h3-9H,10-16H2,1-2H3. The van der Waals surface area contributed by atoms with E-state index in [2.05, 4.69) is 15.2 Å². The molecule has 0 aliphatic carbocycles. The molecule has 3 aromatic rings. The molecule has 0 spiro atoms. The Labute approximate surface area is 176 Å². The molecule has 1 saturated heterocycles. The summed E-state index contributed by atoms with van der Waals surface area (Å²) in [6.45, 7) is 8.66. The van der Waals surface area contributed by atoms with Crippen LogP contribution in [0, 0.1) is 13.8 Å². The van der Waals surface area contributed by atoms with Gasteiger partial charge < -0.3 is 14.2 Å². The van der Waals surface area contributed by atoms with Crippen molar-refractivity contribution >= 4 is 5.91 Å². The van der Waals surface area contributed by atoms with Crippen molar-refractivity contribution in [2.75, 3.05) is 39.4 Å². The topological polar surface area (TPSA) is 76.6 Å². The van der Waals surface area contributed by atoms with Crippen LogP contribution in [0.15, 0.2) is 47.1 Å². The third-order valence-electron chi connectivity index (χ3n) is 5.40. The Morgan fingerprint density at radius 2 is 1.90 bits per heavy atom. The van der Waals surface area contributed by atoms with E-state index in [1.165, 1.54) is 0 Å². The maximum absolute atomic E-state index is 13.4. The molecular formula is C22H27N5O3. The summed E-state index contributed by atoms with van der Waals surface area (Å²) >= 11 is 0. The highest BCUT2D eigenvalue weighted by atomic mass is 16.5. The first-order valence-electron chi connectivity index (χ1n) is 10.2. The molecule has 2 aromatic heterocycles. The van der Waals surface area contributed by atoms with Crippen molar-refractivity contribution in [3.63, 3.8) is 0 Å². The van der Waals surface area contributed by atoms with Crippen molar-refractivity contribution in [3.8, 4) is 5.69 Å². The van der Waals surface area contributed by atoms with Gasteiger partial charge in [0.05, 0.1) is 36.8 Å². The molecule has 0 bridgehead atoms. The number of aryl methyl sites for hydroxylation is 2. The van der Waals surface area contributed by atoms with Crippen molar-refractivity contribution < 1.29 is 14.1 Å². The zero-order chi connectivity index (χ0) is 20.9. The Kier molecular flexibility index (Phi) is 6.25. The van der Waals surface area contributed by atoms with Gasteiger partial charge in [-0.05, 0) is 32.0 Å². The van der Waals surface area contributed by atoms with E-state index in [0.717, 1.165) is 44.2 Å². The highest BCUT2D eigenvalue weighted by Gasteiger charge is 2.25. The van der Waals surface area contributed by atoms with Crippen LogP contribution in [0.4, 0.5) is 0 Å². The van der Waals surface area contributed by atoms with Crippen molar-refractivity contribution in [1.82, 2.24) is 24.7 Å². The summed E-state index contributed by atoms with van der Waals surface area (Å²) in [6.07, 6.45) is 1.77. The number of hydrogen-bond acceptors (Lipinski definition) is 6. The lowest BCUT2D eigenvalue weighted by Gasteiger charge is -2.30. The quantitative estimate of drug-likeness (QED) is 0.597. The second-order valence-electron chi connectivity index (χ2n) is 7.45. The van der Waals surface area contributed by atoms with Gasteiger partial charge in [0.15, 0.2) is 0 Å². The van der Waals surface area contributed by atoms with Crippen LogP contribution in [0.1, 0.15) is 27.5 Å². The number of aromatic nitrogens is 3. The summed E-state index contributed by atoms with van der Waals surface area (Å²) < 4.78 is 12.6. The minimum Gasteiger partial charge on any atom is -0.379 e. The van der Waals surface area contributed by atoms with Gasteiger partial charge in [-0.15, -0.1) is 0 Å². The maximum Gasteiger partial charge on any atom is 0.259 e. The molecule has 8 nitrogen and oxygen atoms in total. The van der Waals surface area contributed by atoms with Gasteiger partial charge in [0, 0.05) is 32.4 Å². The van der Waals surface area contributed by atoms with Gasteiger partial charge >= 0.3 is 0 Å². The average molecular weight is 409 g/mol. The lowest BCUT2D eigenvalue weighted by molar-refractivity contribution is 0.0319. The van der Waals surface area contributed by atoms with E-state index < -0.39 is 0 Å². The Morgan fingerprint density at radius 3 is 2.60 bits per heavy atom. The molecule has 1 aliphatic heterocycles. The average Bonchev–Trinajstić information content (AvgIpc) is 3.38. The van der Waals surface area contributed by atoms with Crippen LogP contribution >= 0.6 is 0 Å². The normalized spacial score (nSPS) is 14.7. The fourth-order valence-corrected chi connectivity index (χ4v) is 3.73. The van der Waals surface area contributed by atoms with E-state index in [1.54, 1.807) is 20.0 Å². The smallest absolute Gasteiger partial charge is 0.259 e. The second kappa shape index (κ2) is 9.23. The molecule has 1 amide bonds. The second-order valence-corrected chi connectivity index (χ2v) is 7.45. The number of para-hydroxylation sites is 1. The summed E-state index contributed by atoms with van der Waals surface area (Å²) in [7, 11) is 0. The predicted octanol–water partition coefficient (Wildman–Crippen LogP) is 2.45. The van der Waals surface area contributed by atoms with Crippen LogP contribution in [0.25, 0.3) is 5.69 Å². The van der Waals surface area contributed by atoms with Gasteiger partial charge in [-0.25, -0.2) is 4.68 Å². The largest absolute Gasteiger partial charge is 0.379 e. The zero-order valence-electron chi connectivity index (χ0n) is 17.5. The van der Waals surface area contributed by atoms with Gasteiger partial charge in [0.25, 0.3) is 5.91 Å². The van der Waals surface area contributed by atoms with E-state index in [0.29, 0.717) is 30.1 Å². The molecule has 30 heavy (non-hydrogen) atoms. The highest BCUT2D eigenvalue weighted by Crippen LogP contribution is 2.18. The molecule has 4 rings (SSSR count). The van der Waals surface area contributed by atoms with Crippen LogP contribution in [-0.4, -0.2) is 70.0 Å². The number of carbonyl (C=O) groups is 1. The van der Waals surface area contributed by atoms with Gasteiger partial charge in [-0.1, -0.05) is 23.4 Å². The molecule has 0 unspecified atom stereocenters. The summed E-state index contributed by atoms with van der Waals surface area (Å²) in [4.78, 5) is 17.6. The van der Waals surface area contributed by atoms with Crippen LogP contribution in [0.5, 0.6) is 0 Å². The number of morpholine rings is 1. The molecule has 0 saturated carbocycles. The van der Waals surface area contributed by atoms with Gasteiger partial charge in [0.1, 0.15) is 11.3 Å². The first-order chi connectivity index (χ1) is 14.6. The van der Waals surface area contributed by atoms with Gasteiger partial charge in [-0.2, -0.15) is 5.10 Å². The molecule has 0 radical (unpaired) electrons. The van der Waals surface area contributed by atoms with Crippen LogP contribution < -0.4 is 0 Å². The number of carbonyl (C=O) groups excluding carboxylic acids is 1. The first kappa shape index (κ1) is 20.3. The van der Waals surface area contributed by atoms with Crippen molar-refractivity contribution in [1.29, 1.82) is 0 Å². The van der Waals surface area contributed by atoms with E-state index in [-0.39, 0.29) is 5.91 Å². The number of ether oxygens (including phenoxy) is 1. The monoisotopic (exact) mass is 409 g/mol. The molecule has 158 valence electrons. The Morgan fingerprint density at radius 1 is 1.13 bits per heavy atom. The molecule has 0 atom stereocenters. The number of benzene rings is 1. The van der Waals surface area contributed by atoms with Crippen molar-refractivity contribution in [2.24, 2.45) is 0 Å². The minimum absolute atomic E-state index is 0.0691. The number of nitrogens with zero attached hydrogens (tertiary/aromatic N) is 5. The van der Waals surface area contributed by atoms with Crippen LogP contribution in [0.3, 0.4) is 0 Å². The molecule has 1 aromatic carbocycles. The summed E-state index contributed by atoms with van der Waals surface area (Å²) in [6, 6.07) is 11.9. The van der Waals surface area contributed by atoms with E-state index in [4.69, 9.17) is 9.26 Å². The third-order valence-corrected chi connectivity index (χ3v) is 5.40. The molecular weight excluding hydrogens is 382 g/mol. The molecule has 3 heterocycles. The van der Waals surface area contributed by atoms with E-state index in [1.807, 2.05) is 46.0 Å². The Bertz CT molecular complexity index is 956. The predicted molar refractivity (Wildman–Crippen MR) is 112 cm³/mol. The van der Waals surface area contributed by atoms with E-state index >= 15 is 0 Å². The molecule has 8 heteroatoms. The number of hydrogen-bond donors (Lipinski definition) is 0. The Hall–Kier alpha value is -2.97. The van der Waals surface area contributed by atoms with Gasteiger partial charge in [0.2, 0.25) is 0 Å². The molecule has 0 N–H and O–H groups in total. The molecule has 1 fully saturated rings. The molecule has 1 aliphatic rings. The lowest BCUT2D eigenvalue weighted by Crippen LogP contribution is -2.43. The summed E-state index contributed by atoms with van der Waals surface area (Å²) in [5.74, 6) is 0.478. The lowest BCUT2D eigenvalue weighted by atomic mass is 10.1. The Balaban J connectivity index is 1.57. The van der Waals surface area contributed by atoms with Gasteiger partial charge in [-0.3, -0.25) is 9.69 Å². The maximum atomic E-state index is 13.4. The minimum atomic E-state index is -0.0691. The van der Waals surface area contributed by atoms with Crippen molar-refractivity contribution in [2.45, 2.75) is 20.4 Å². The van der Waals surface area contributed by atoms with E-state index in [9.17, 15) is 4.79 Å². The number of amides is 1. The fourth-order valence-electron chi connectivity index (χ4n) is 3.73. The first-order valence-corrected chi connectivity index (χ1v) is 10.2. The SMILES string of the molecule is Cc1noc(C)c1C(=O)N(CCN1CCOCC1)Cc1ccnn1-c1ccccc1. The van der Waals surface area contributed by atoms with Crippen LogP contribution in [-0.2, 0) is 11.3 Å². The zero-order valence-corrected chi connectivity index (χ0v) is 17.5. The van der Waals surface area contributed by atoms with Crippen LogP contribution in [0.2, 0.25) is 0 Å².